The lowest BCUT2D eigenvalue weighted by Crippen LogP contribution is -2.18. The number of hydrogen-bond acceptors (Lipinski definition) is 3. The summed E-state index contributed by atoms with van der Waals surface area (Å²) < 4.78 is 58.9. The number of carbonyl (C=O) groups excluding carboxylic acids is 1. The van der Waals surface area contributed by atoms with Crippen LogP contribution in [0.2, 0.25) is 10.0 Å². The minimum absolute atomic E-state index is 0.0778. The van der Waals surface area contributed by atoms with Crippen molar-refractivity contribution in [3.63, 3.8) is 0 Å². The van der Waals surface area contributed by atoms with Crippen LogP contribution in [0.5, 0.6) is 11.5 Å². The van der Waals surface area contributed by atoms with Crippen molar-refractivity contribution in [1.29, 1.82) is 0 Å². The van der Waals surface area contributed by atoms with Crippen molar-refractivity contribution in [2.24, 2.45) is 5.92 Å². The molecule has 0 N–H and O–H groups in total. The van der Waals surface area contributed by atoms with Gasteiger partial charge in [0, 0.05) is 21.2 Å². The average molecular weight is 489 g/mol. The topological polar surface area (TPSA) is 35.5 Å². The fourth-order valence-corrected chi connectivity index (χ4v) is 3.80. The van der Waals surface area contributed by atoms with E-state index in [-0.39, 0.29) is 33.2 Å². The Morgan fingerprint density at radius 1 is 0.844 bits per heavy atom. The van der Waals surface area contributed by atoms with E-state index in [1.165, 1.54) is 36.4 Å². The van der Waals surface area contributed by atoms with Crippen LogP contribution in [0.3, 0.4) is 0 Å². The molecule has 0 spiro atoms. The van der Waals surface area contributed by atoms with Crippen molar-refractivity contribution in [2.45, 2.75) is 33.0 Å². The Kier molecular flexibility index (Phi) is 7.85. The van der Waals surface area contributed by atoms with Gasteiger partial charge in [-0.05, 0) is 78.4 Å². The van der Waals surface area contributed by atoms with Crippen LogP contribution in [0.1, 0.15) is 30.9 Å². The van der Waals surface area contributed by atoms with E-state index in [9.17, 15) is 22.4 Å². The lowest BCUT2D eigenvalue weighted by molar-refractivity contribution is -0.113. The van der Waals surface area contributed by atoms with Crippen LogP contribution in [-0.2, 0) is 4.79 Å². The second kappa shape index (κ2) is 10.4. The van der Waals surface area contributed by atoms with Gasteiger partial charge in [-0.3, -0.25) is 4.79 Å². The molecule has 1 aliphatic rings. The first kappa shape index (κ1) is 24.1. The fourth-order valence-electron chi connectivity index (χ4n) is 3.46. The first-order chi connectivity index (χ1) is 15.1. The van der Waals surface area contributed by atoms with E-state index in [1.807, 2.05) is 6.92 Å². The lowest BCUT2D eigenvalue weighted by atomic mass is 9.81. The quantitative estimate of drug-likeness (QED) is 0.309. The molecule has 0 heterocycles. The van der Waals surface area contributed by atoms with E-state index in [2.05, 4.69) is 9.47 Å². The van der Waals surface area contributed by atoms with Gasteiger partial charge in [-0.2, -0.15) is 17.6 Å². The summed E-state index contributed by atoms with van der Waals surface area (Å²) in [7, 11) is 0. The predicted molar refractivity (Wildman–Crippen MR) is 116 cm³/mol. The average Bonchev–Trinajstić information content (AvgIpc) is 2.69. The molecule has 0 bridgehead atoms. The predicted octanol–water partition coefficient (Wildman–Crippen LogP) is 7.66. The molecule has 0 unspecified atom stereocenters. The zero-order valence-electron chi connectivity index (χ0n) is 16.8. The lowest BCUT2D eigenvalue weighted by Gasteiger charge is -2.23. The van der Waals surface area contributed by atoms with Crippen LogP contribution >= 0.6 is 23.2 Å². The molecule has 2 aromatic rings. The number of hydrogen-bond donors (Lipinski definition) is 0. The minimum Gasteiger partial charge on any atom is -0.435 e. The second-order valence-electron chi connectivity index (χ2n) is 7.31. The van der Waals surface area contributed by atoms with Gasteiger partial charge in [-0.15, -0.1) is 0 Å². The molecule has 3 nitrogen and oxygen atoms in total. The molecule has 0 amide bonds. The normalized spacial score (nSPS) is 19.3. The number of rotatable bonds is 6. The Balaban J connectivity index is 1.95. The van der Waals surface area contributed by atoms with Gasteiger partial charge in [0.15, 0.2) is 5.78 Å². The van der Waals surface area contributed by atoms with Gasteiger partial charge in [-0.25, -0.2) is 0 Å². The SMILES string of the molecule is CC1CC(=Cc2cc(OC(F)F)ccc2Cl)C(=O)C(=Cc2cc(OC(F)F)ccc2Cl)C1. The fraction of sp³-hybridized carbons (Fsp3) is 0.261. The number of Topliss-reactive ketones (excluding diaryl/α,β-unsaturated/α-hetero) is 1. The zero-order valence-corrected chi connectivity index (χ0v) is 18.3. The number of carbonyl (C=O) groups is 1. The van der Waals surface area contributed by atoms with Crippen LogP contribution in [0.4, 0.5) is 17.6 Å². The molecule has 32 heavy (non-hydrogen) atoms. The van der Waals surface area contributed by atoms with Crippen LogP contribution in [-0.4, -0.2) is 19.0 Å². The van der Waals surface area contributed by atoms with Gasteiger partial charge in [0.2, 0.25) is 0 Å². The van der Waals surface area contributed by atoms with E-state index in [1.54, 1.807) is 12.2 Å². The number of allylic oxidation sites excluding steroid dienone is 2. The Bertz CT molecular complexity index is 986. The molecule has 0 aliphatic heterocycles. The second-order valence-corrected chi connectivity index (χ2v) is 8.12. The molecule has 2 aromatic carbocycles. The number of alkyl halides is 4. The van der Waals surface area contributed by atoms with Crippen molar-refractivity contribution >= 4 is 41.1 Å². The molecule has 3 rings (SSSR count). The molecule has 0 aromatic heterocycles. The standard InChI is InChI=1S/C23H18Cl2F4O3/c1-12-6-15(8-13-10-17(31-22(26)27)2-4-19(13)24)21(30)16(7-12)9-14-11-18(32-23(28)29)3-5-20(14)25/h2-5,8-12,22-23H,6-7H2,1H3. The maximum absolute atomic E-state index is 13.1. The summed E-state index contributed by atoms with van der Waals surface area (Å²) in [5.74, 6) is -0.337. The highest BCUT2D eigenvalue weighted by Crippen LogP contribution is 2.35. The summed E-state index contributed by atoms with van der Waals surface area (Å²) in [6.07, 6.45) is 4.00. The summed E-state index contributed by atoms with van der Waals surface area (Å²) in [6.45, 7) is -4.03. The van der Waals surface area contributed by atoms with Gasteiger partial charge >= 0.3 is 13.2 Å². The van der Waals surface area contributed by atoms with Crippen molar-refractivity contribution in [3.05, 3.63) is 68.7 Å². The number of ether oxygens (including phenoxy) is 2. The van der Waals surface area contributed by atoms with E-state index >= 15 is 0 Å². The summed E-state index contributed by atoms with van der Waals surface area (Å²) in [4.78, 5) is 13.1. The summed E-state index contributed by atoms with van der Waals surface area (Å²) in [5, 5.41) is 0.547. The Morgan fingerprint density at radius 3 is 1.62 bits per heavy atom. The van der Waals surface area contributed by atoms with Crippen LogP contribution in [0.15, 0.2) is 47.5 Å². The highest BCUT2D eigenvalue weighted by atomic mass is 35.5. The maximum Gasteiger partial charge on any atom is 0.387 e. The third-order valence-electron chi connectivity index (χ3n) is 4.76. The Morgan fingerprint density at radius 2 is 1.25 bits per heavy atom. The largest absolute Gasteiger partial charge is 0.435 e. The smallest absolute Gasteiger partial charge is 0.387 e. The molecule has 0 atom stereocenters. The molecule has 0 radical (unpaired) electrons. The first-order valence-corrected chi connectivity index (χ1v) is 10.3. The van der Waals surface area contributed by atoms with Gasteiger partial charge < -0.3 is 9.47 Å². The van der Waals surface area contributed by atoms with E-state index in [0.717, 1.165) is 0 Å². The van der Waals surface area contributed by atoms with Gasteiger partial charge in [0.1, 0.15) is 11.5 Å². The van der Waals surface area contributed by atoms with Crippen molar-refractivity contribution in [3.8, 4) is 11.5 Å². The molecular weight excluding hydrogens is 471 g/mol. The summed E-state index contributed by atoms with van der Waals surface area (Å²) in [5.41, 5.74) is 1.60. The van der Waals surface area contributed by atoms with Crippen molar-refractivity contribution < 1.29 is 31.8 Å². The summed E-state index contributed by atoms with van der Waals surface area (Å²) >= 11 is 12.4. The third-order valence-corrected chi connectivity index (χ3v) is 5.45. The van der Waals surface area contributed by atoms with Crippen LogP contribution in [0.25, 0.3) is 12.2 Å². The maximum atomic E-state index is 13.1. The van der Waals surface area contributed by atoms with Gasteiger partial charge in [0.25, 0.3) is 0 Å². The molecule has 1 fully saturated rings. The third kappa shape index (κ3) is 6.26. The van der Waals surface area contributed by atoms with Crippen molar-refractivity contribution in [1.82, 2.24) is 0 Å². The van der Waals surface area contributed by atoms with E-state index in [4.69, 9.17) is 23.2 Å². The first-order valence-electron chi connectivity index (χ1n) is 9.57. The summed E-state index contributed by atoms with van der Waals surface area (Å²) in [6, 6.07) is 8.10. The highest BCUT2D eigenvalue weighted by molar-refractivity contribution is 6.33. The van der Waals surface area contributed by atoms with E-state index in [0.29, 0.717) is 35.1 Å². The highest BCUT2D eigenvalue weighted by Gasteiger charge is 2.26. The molecule has 1 aliphatic carbocycles. The van der Waals surface area contributed by atoms with Gasteiger partial charge in [0.05, 0.1) is 0 Å². The van der Waals surface area contributed by atoms with Crippen LogP contribution in [0, 0.1) is 5.92 Å². The Hall–Kier alpha value is -2.51. The zero-order chi connectivity index (χ0) is 23.4. The molecule has 1 saturated carbocycles. The molecular formula is C23H18Cl2F4O3. The molecule has 170 valence electrons. The van der Waals surface area contributed by atoms with E-state index < -0.39 is 13.2 Å². The molecule has 9 heteroatoms. The Labute approximate surface area is 192 Å². The minimum atomic E-state index is -2.99. The van der Waals surface area contributed by atoms with Crippen molar-refractivity contribution in [2.75, 3.05) is 0 Å². The number of halogens is 6. The van der Waals surface area contributed by atoms with Gasteiger partial charge in [-0.1, -0.05) is 30.1 Å². The number of ketones is 1. The van der Waals surface area contributed by atoms with Crippen LogP contribution < -0.4 is 9.47 Å². The monoisotopic (exact) mass is 488 g/mol. The molecule has 0 saturated heterocycles. The number of benzene rings is 2.